The van der Waals surface area contributed by atoms with E-state index in [4.69, 9.17) is 34.8 Å². The first-order valence-electron chi connectivity index (χ1n) is 9.89. The van der Waals surface area contributed by atoms with E-state index in [0.29, 0.717) is 11.8 Å². The third-order valence-electron chi connectivity index (χ3n) is 5.54. The van der Waals surface area contributed by atoms with Crippen molar-refractivity contribution < 1.29 is 18.4 Å². The van der Waals surface area contributed by atoms with Gasteiger partial charge in [-0.2, -0.15) is 0 Å². The first-order valence-corrected chi connectivity index (χ1v) is 12.6. The molecule has 3 nitrogen and oxygen atoms in total. The van der Waals surface area contributed by atoms with E-state index < -0.39 is 39.5 Å². The van der Waals surface area contributed by atoms with Crippen LogP contribution in [0, 0.1) is 17.6 Å². The standard InChI is InChI=1S/C24H14Br2Cl3F2NO2/c25-16-5-2-12(7-17(16)26)21-22(24(21,28)29)23(34)32-14-4-6-18(27)15(10-14)20(33)8-11-1-3-13(30)9-19(11)31/h1-7,9-10,21-22H,8H2,(H,32,34). The number of carbonyl (C=O) groups excluding carboxylic acids is 2. The summed E-state index contributed by atoms with van der Waals surface area (Å²) in [6.07, 6.45) is -0.321. The maximum absolute atomic E-state index is 14.0. The van der Waals surface area contributed by atoms with Crippen LogP contribution in [0.3, 0.4) is 0 Å². The Balaban J connectivity index is 1.51. The number of amides is 1. The Labute approximate surface area is 226 Å². The summed E-state index contributed by atoms with van der Waals surface area (Å²) in [5.41, 5.74) is 1.24. The minimum absolute atomic E-state index is 0.0347. The number of Topliss-reactive ketones (excluding diaryl/α,β-unsaturated/α-hetero) is 1. The van der Waals surface area contributed by atoms with Gasteiger partial charge in [0.1, 0.15) is 16.0 Å². The van der Waals surface area contributed by atoms with Gasteiger partial charge in [0.05, 0.1) is 10.9 Å². The fourth-order valence-corrected chi connectivity index (χ4v) is 5.44. The third-order valence-corrected chi connectivity index (χ3v) is 8.69. The molecular formula is C24H14Br2Cl3F2NO2. The molecular weight excluding hydrogens is 638 g/mol. The largest absolute Gasteiger partial charge is 0.326 e. The van der Waals surface area contributed by atoms with Crippen LogP contribution in [-0.2, 0) is 11.2 Å². The van der Waals surface area contributed by atoms with Gasteiger partial charge >= 0.3 is 0 Å². The second-order valence-corrected chi connectivity index (χ2v) is 11.4. The molecule has 10 heteroatoms. The highest BCUT2D eigenvalue weighted by Gasteiger charge is 2.67. The zero-order valence-electron chi connectivity index (χ0n) is 17.0. The Morgan fingerprint density at radius 1 is 0.971 bits per heavy atom. The van der Waals surface area contributed by atoms with Crippen LogP contribution in [0.25, 0.3) is 0 Å². The second-order valence-electron chi connectivity index (χ2n) is 7.82. The Bertz CT molecular complexity index is 1320. The topological polar surface area (TPSA) is 46.2 Å². The highest BCUT2D eigenvalue weighted by molar-refractivity contribution is 9.13. The molecule has 0 spiro atoms. The number of anilines is 1. The van der Waals surface area contributed by atoms with Crippen LogP contribution in [0.2, 0.25) is 5.02 Å². The fraction of sp³-hybridized carbons (Fsp3) is 0.167. The van der Waals surface area contributed by atoms with Gasteiger partial charge in [-0.3, -0.25) is 9.59 Å². The zero-order valence-corrected chi connectivity index (χ0v) is 22.5. The quantitative estimate of drug-likeness (QED) is 0.216. The summed E-state index contributed by atoms with van der Waals surface area (Å²) < 4.78 is 27.5. The highest BCUT2D eigenvalue weighted by atomic mass is 79.9. The fourth-order valence-electron chi connectivity index (χ4n) is 3.74. The average Bonchev–Trinajstić information content (AvgIpc) is 3.35. The first-order chi connectivity index (χ1) is 16.0. The molecule has 3 aromatic carbocycles. The van der Waals surface area contributed by atoms with E-state index in [1.54, 1.807) is 0 Å². The Morgan fingerprint density at radius 3 is 2.38 bits per heavy atom. The lowest BCUT2D eigenvalue weighted by atomic mass is 10.0. The van der Waals surface area contributed by atoms with E-state index in [9.17, 15) is 18.4 Å². The summed E-state index contributed by atoms with van der Waals surface area (Å²) in [5.74, 6) is -3.60. The molecule has 0 aliphatic heterocycles. The predicted molar refractivity (Wildman–Crippen MR) is 137 cm³/mol. The van der Waals surface area contributed by atoms with Crippen molar-refractivity contribution in [3.63, 3.8) is 0 Å². The molecule has 1 saturated carbocycles. The maximum Gasteiger partial charge on any atom is 0.231 e. The Morgan fingerprint density at radius 2 is 1.71 bits per heavy atom. The number of carbonyl (C=O) groups is 2. The molecule has 4 rings (SSSR count). The summed E-state index contributed by atoms with van der Waals surface area (Å²) >= 11 is 25.9. The summed E-state index contributed by atoms with van der Waals surface area (Å²) in [6, 6.07) is 12.9. The number of rotatable bonds is 6. The molecule has 1 aliphatic rings. The summed E-state index contributed by atoms with van der Waals surface area (Å²) in [6.45, 7) is 0. The lowest BCUT2D eigenvalue weighted by Gasteiger charge is -2.10. The van der Waals surface area contributed by atoms with E-state index in [2.05, 4.69) is 37.2 Å². The van der Waals surface area contributed by atoms with Crippen molar-refractivity contribution in [2.24, 2.45) is 5.92 Å². The van der Waals surface area contributed by atoms with E-state index in [1.807, 2.05) is 18.2 Å². The molecule has 2 atom stereocenters. The molecule has 1 N–H and O–H groups in total. The van der Waals surface area contributed by atoms with E-state index >= 15 is 0 Å². The first kappa shape index (κ1) is 25.6. The summed E-state index contributed by atoms with van der Waals surface area (Å²) in [4.78, 5) is 25.7. The molecule has 1 amide bonds. The second kappa shape index (κ2) is 9.86. The normalized spacial score (nSPS) is 18.4. The van der Waals surface area contributed by atoms with Gasteiger partial charge in [-0.1, -0.05) is 23.7 Å². The number of hydrogen-bond acceptors (Lipinski definition) is 2. The smallest absolute Gasteiger partial charge is 0.231 e. The number of halogens is 7. The summed E-state index contributed by atoms with van der Waals surface area (Å²) in [7, 11) is 0. The van der Waals surface area contributed by atoms with Crippen LogP contribution >= 0.6 is 66.7 Å². The highest BCUT2D eigenvalue weighted by Crippen LogP contribution is 2.65. The van der Waals surface area contributed by atoms with Crippen molar-refractivity contribution in [3.05, 3.63) is 96.9 Å². The molecule has 176 valence electrons. The van der Waals surface area contributed by atoms with Crippen LogP contribution in [0.4, 0.5) is 14.5 Å². The number of hydrogen-bond donors (Lipinski definition) is 1. The van der Waals surface area contributed by atoms with Gasteiger partial charge in [0.15, 0.2) is 5.78 Å². The van der Waals surface area contributed by atoms with Gasteiger partial charge in [0, 0.05) is 38.6 Å². The molecule has 0 bridgehead atoms. The molecule has 3 aromatic rings. The van der Waals surface area contributed by atoms with Crippen LogP contribution in [-0.4, -0.2) is 16.0 Å². The molecule has 34 heavy (non-hydrogen) atoms. The van der Waals surface area contributed by atoms with Gasteiger partial charge in [0.25, 0.3) is 0 Å². The summed E-state index contributed by atoms with van der Waals surface area (Å²) in [5, 5.41) is 2.86. The van der Waals surface area contributed by atoms with Gasteiger partial charge in [-0.25, -0.2) is 8.78 Å². The van der Waals surface area contributed by atoms with Crippen LogP contribution < -0.4 is 5.32 Å². The maximum atomic E-state index is 14.0. The van der Waals surface area contributed by atoms with E-state index in [-0.39, 0.29) is 22.6 Å². The molecule has 0 heterocycles. The molecule has 0 saturated heterocycles. The van der Waals surface area contributed by atoms with Crippen LogP contribution in [0.1, 0.15) is 27.4 Å². The van der Waals surface area contributed by atoms with Crippen LogP contribution in [0.5, 0.6) is 0 Å². The average molecular weight is 653 g/mol. The van der Waals surface area contributed by atoms with Crippen molar-refractivity contribution in [2.45, 2.75) is 16.7 Å². The van der Waals surface area contributed by atoms with Gasteiger partial charge in [0.2, 0.25) is 5.91 Å². The Kier molecular flexibility index (Phi) is 7.42. The van der Waals surface area contributed by atoms with Crippen molar-refractivity contribution in [1.29, 1.82) is 0 Å². The van der Waals surface area contributed by atoms with Gasteiger partial charge in [-0.15, -0.1) is 23.2 Å². The minimum Gasteiger partial charge on any atom is -0.326 e. The number of ketones is 1. The lowest BCUT2D eigenvalue weighted by molar-refractivity contribution is -0.117. The van der Waals surface area contributed by atoms with Crippen molar-refractivity contribution in [1.82, 2.24) is 0 Å². The van der Waals surface area contributed by atoms with Gasteiger partial charge in [-0.05, 0) is 79.4 Å². The number of benzene rings is 3. The molecule has 0 aromatic heterocycles. The van der Waals surface area contributed by atoms with Crippen LogP contribution in [0.15, 0.2) is 63.5 Å². The number of alkyl halides is 2. The molecule has 1 aliphatic carbocycles. The lowest BCUT2D eigenvalue weighted by Crippen LogP contribution is -2.17. The van der Waals surface area contributed by atoms with Gasteiger partial charge < -0.3 is 5.32 Å². The predicted octanol–water partition coefficient (Wildman–Crippen LogP) is 8.09. The molecule has 0 radical (unpaired) electrons. The van der Waals surface area contributed by atoms with E-state index in [1.165, 1.54) is 24.3 Å². The van der Waals surface area contributed by atoms with Crippen molar-refractivity contribution in [3.8, 4) is 0 Å². The third kappa shape index (κ3) is 5.19. The minimum atomic E-state index is -1.29. The van der Waals surface area contributed by atoms with Crippen molar-refractivity contribution >= 4 is 84.0 Å². The molecule has 2 unspecified atom stereocenters. The SMILES string of the molecule is O=C(Cc1ccc(F)cc1F)c1cc(NC(=O)C2C(c3ccc(Br)c(Br)c3)C2(Cl)Cl)ccc1Cl. The molecule has 1 fully saturated rings. The van der Waals surface area contributed by atoms with E-state index in [0.717, 1.165) is 20.6 Å². The number of nitrogens with one attached hydrogen (secondary N) is 1. The Hall–Kier alpha value is -1.51. The zero-order chi connectivity index (χ0) is 24.8. The van der Waals surface area contributed by atoms with Crippen molar-refractivity contribution in [2.75, 3.05) is 5.32 Å². The monoisotopic (exact) mass is 649 g/mol.